The van der Waals surface area contributed by atoms with Crippen LogP contribution in [0.1, 0.15) is 15.9 Å². The van der Waals surface area contributed by atoms with Crippen LogP contribution in [0.15, 0.2) is 42.5 Å². The minimum atomic E-state index is -1.24. The van der Waals surface area contributed by atoms with Crippen LogP contribution in [-0.2, 0) is 11.2 Å². The molecule has 2 aromatic rings. The molecule has 0 saturated carbocycles. The van der Waals surface area contributed by atoms with Gasteiger partial charge in [0.2, 0.25) is 0 Å². The Morgan fingerprint density at radius 2 is 1.78 bits per heavy atom. The highest BCUT2D eigenvalue weighted by molar-refractivity contribution is 14.1. The molecule has 4 nitrogen and oxygen atoms in total. The summed E-state index contributed by atoms with van der Waals surface area (Å²) in [6.07, 6.45) is 0.0564. The third-order valence-corrected chi connectivity index (χ3v) is 3.85. The topological polar surface area (TPSA) is 66.4 Å². The first kappa shape index (κ1) is 17.3. The number of carboxylic acid groups (broad SMARTS) is 1. The molecule has 0 aliphatic carbocycles. The van der Waals surface area contributed by atoms with Gasteiger partial charge in [0, 0.05) is 16.1 Å². The Morgan fingerprint density at radius 3 is 2.35 bits per heavy atom. The fraction of sp³-hybridized carbons (Fsp3) is 0.125. The molecule has 23 heavy (non-hydrogen) atoms. The van der Waals surface area contributed by atoms with Gasteiger partial charge in [0.25, 0.3) is 5.91 Å². The zero-order valence-electron chi connectivity index (χ0n) is 11.7. The first-order valence-corrected chi connectivity index (χ1v) is 7.68. The SMILES string of the molecule is O=C(N[C@H](Cc1ccc(I)cc1)C(=O)O)c1ccc(F)cc1F. The van der Waals surface area contributed by atoms with E-state index in [2.05, 4.69) is 27.9 Å². The summed E-state index contributed by atoms with van der Waals surface area (Å²) < 4.78 is 27.4. The number of rotatable bonds is 5. The predicted molar refractivity (Wildman–Crippen MR) is 88.1 cm³/mol. The van der Waals surface area contributed by atoms with E-state index >= 15 is 0 Å². The third kappa shape index (κ3) is 4.72. The summed E-state index contributed by atoms with van der Waals surface area (Å²) in [5, 5.41) is 11.5. The molecule has 1 amide bonds. The van der Waals surface area contributed by atoms with Crippen molar-refractivity contribution in [2.75, 3.05) is 0 Å². The minimum Gasteiger partial charge on any atom is -0.480 e. The van der Waals surface area contributed by atoms with E-state index in [1.54, 1.807) is 12.1 Å². The lowest BCUT2D eigenvalue weighted by Crippen LogP contribution is -2.42. The quantitative estimate of drug-likeness (QED) is 0.716. The molecule has 7 heteroatoms. The molecule has 0 heterocycles. The van der Waals surface area contributed by atoms with Crippen LogP contribution in [0.25, 0.3) is 0 Å². The smallest absolute Gasteiger partial charge is 0.326 e. The average Bonchev–Trinajstić information content (AvgIpc) is 2.48. The Kier molecular flexibility index (Phi) is 5.64. The lowest BCUT2D eigenvalue weighted by Gasteiger charge is -2.15. The van der Waals surface area contributed by atoms with Crippen molar-refractivity contribution in [3.63, 3.8) is 0 Å². The predicted octanol–water partition coefficient (Wildman–Crippen LogP) is 3.00. The van der Waals surface area contributed by atoms with Crippen LogP contribution in [-0.4, -0.2) is 23.0 Å². The number of nitrogens with one attached hydrogen (secondary N) is 1. The number of benzene rings is 2. The van der Waals surface area contributed by atoms with Gasteiger partial charge in [-0.15, -0.1) is 0 Å². The number of amides is 1. The van der Waals surface area contributed by atoms with Gasteiger partial charge in [0.1, 0.15) is 17.7 Å². The van der Waals surface area contributed by atoms with Crippen molar-refractivity contribution in [2.45, 2.75) is 12.5 Å². The summed E-state index contributed by atoms with van der Waals surface area (Å²) in [7, 11) is 0. The lowest BCUT2D eigenvalue weighted by atomic mass is 10.1. The molecule has 2 rings (SSSR count). The molecule has 1 atom stereocenters. The molecule has 0 fully saturated rings. The molecule has 0 saturated heterocycles. The average molecular weight is 431 g/mol. The van der Waals surface area contributed by atoms with Crippen molar-refractivity contribution in [3.05, 3.63) is 68.8 Å². The number of carbonyl (C=O) groups is 2. The van der Waals surface area contributed by atoms with Crippen molar-refractivity contribution in [3.8, 4) is 0 Å². The number of hydrogen-bond acceptors (Lipinski definition) is 2. The third-order valence-electron chi connectivity index (χ3n) is 3.13. The molecule has 2 N–H and O–H groups in total. The Bertz CT molecular complexity index is 735. The summed E-state index contributed by atoms with van der Waals surface area (Å²) in [5.74, 6) is -3.99. The van der Waals surface area contributed by atoms with Crippen LogP contribution in [0.3, 0.4) is 0 Å². The van der Waals surface area contributed by atoms with Gasteiger partial charge in [-0.1, -0.05) is 12.1 Å². The molecule has 0 bridgehead atoms. The monoisotopic (exact) mass is 431 g/mol. The van der Waals surface area contributed by atoms with Crippen molar-refractivity contribution in [1.29, 1.82) is 0 Å². The van der Waals surface area contributed by atoms with Crippen molar-refractivity contribution < 1.29 is 23.5 Å². The zero-order chi connectivity index (χ0) is 17.0. The molecular formula is C16H12F2INO3. The Balaban J connectivity index is 2.14. The van der Waals surface area contributed by atoms with Crippen molar-refractivity contribution in [2.24, 2.45) is 0 Å². The Hall–Kier alpha value is -2.03. The molecular weight excluding hydrogens is 419 g/mol. The summed E-state index contributed by atoms with van der Waals surface area (Å²) in [5.41, 5.74) is 0.318. The van der Waals surface area contributed by atoms with E-state index in [-0.39, 0.29) is 6.42 Å². The van der Waals surface area contributed by atoms with Gasteiger partial charge in [-0.25, -0.2) is 13.6 Å². The first-order chi connectivity index (χ1) is 10.9. The summed E-state index contributed by atoms with van der Waals surface area (Å²) in [6.45, 7) is 0. The second-order valence-electron chi connectivity index (χ2n) is 4.82. The van der Waals surface area contributed by atoms with Gasteiger partial charge >= 0.3 is 5.97 Å². The lowest BCUT2D eigenvalue weighted by molar-refractivity contribution is -0.139. The van der Waals surface area contributed by atoms with Gasteiger partial charge in [-0.2, -0.15) is 0 Å². The van der Waals surface area contributed by atoms with E-state index in [0.29, 0.717) is 6.07 Å². The van der Waals surface area contributed by atoms with E-state index in [1.807, 2.05) is 12.1 Å². The zero-order valence-corrected chi connectivity index (χ0v) is 13.9. The summed E-state index contributed by atoms with van der Waals surface area (Å²) in [6, 6.07) is 8.41. The minimum absolute atomic E-state index is 0.0564. The van der Waals surface area contributed by atoms with Crippen LogP contribution >= 0.6 is 22.6 Å². The largest absolute Gasteiger partial charge is 0.480 e. The standard InChI is InChI=1S/C16H12F2INO3/c17-10-3-6-12(13(18)8-10)15(21)20-14(16(22)23)7-9-1-4-11(19)5-2-9/h1-6,8,14H,7H2,(H,20,21)(H,22,23)/t14-/m1/s1. The van der Waals surface area contributed by atoms with Crippen molar-refractivity contribution >= 4 is 34.5 Å². The van der Waals surface area contributed by atoms with Gasteiger partial charge in [-0.3, -0.25) is 4.79 Å². The molecule has 2 aromatic carbocycles. The van der Waals surface area contributed by atoms with E-state index in [9.17, 15) is 23.5 Å². The fourth-order valence-corrected chi connectivity index (χ4v) is 2.33. The van der Waals surface area contributed by atoms with Gasteiger partial charge < -0.3 is 10.4 Å². The number of carbonyl (C=O) groups excluding carboxylic acids is 1. The van der Waals surface area contributed by atoms with Crippen LogP contribution in [0.5, 0.6) is 0 Å². The molecule has 0 spiro atoms. The highest BCUT2D eigenvalue weighted by Crippen LogP contribution is 2.12. The van der Waals surface area contributed by atoms with Crippen LogP contribution in [0.2, 0.25) is 0 Å². The first-order valence-electron chi connectivity index (χ1n) is 6.60. The maximum atomic E-state index is 13.6. The van der Waals surface area contributed by atoms with E-state index in [4.69, 9.17) is 0 Å². The van der Waals surface area contributed by atoms with E-state index in [1.165, 1.54) is 0 Å². The second kappa shape index (κ2) is 7.49. The van der Waals surface area contributed by atoms with Crippen molar-refractivity contribution in [1.82, 2.24) is 5.32 Å². The Labute approximate surface area is 144 Å². The van der Waals surface area contributed by atoms with Crippen LogP contribution < -0.4 is 5.32 Å². The molecule has 0 aromatic heterocycles. The maximum Gasteiger partial charge on any atom is 0.326 e. The van der Waals surface area contributed by atoms with Crippen LogP contribution in [0.4, 0.5) is 8.78 Å². The second-order valence-corrected chi connectivity index (χ2v) is 6.06. The number of halogens is 3. The molecule has 0 aliphatic rings. The van der Waals surface area contributed by atoms with Crippen LogP contribution in [0, 0.1) is 15.2 Å². The van der Waals surface area contributed by atoms with E-state index in [0.717, 1.165) is 21.3 Å². The number of aliphatic carboxylic acids is 1. The maximum absolute atomic E-state index is 13.6. The van der Waals surface area contributed by atoms with Gasteiger partial charge in [0.05, 0.1) is 5.56 Å². The molecule has 0 radical (unpaired) electrons. The Morgan fingerprint density at radius 1 is 1.13 bits per heavy atom. The number of hydrogen-bond donors (Lipinski definition) is 2. The molecule has 0 aliphatic heterocycles. The highest BCUT2D eigenvalue weighted by atomic mass is 127. The number of carboxylic acids is 1. The normalized spacial score (nSPS) is 11.8. The highest BCUT2D eigenvalue weighted by Gasteiger charge is 2.22. The molecule has 0 unspecified atom stereocenters. The van der Waals surface area contributed by atoms with E-state index < -0.39 is 35.1 Å². The van der Waals surface area contributed by atoms with Gasteiger partial charge in [0.15, 0.2) is 0 Å². The molecule has 120 valence electrons. The summed E-state index contributed by atoms with van der Waals surface area (Å²) >= 11 is 2.12. The fourth-order valence-electron chi connectivity index (χ4n) is 1.97. The summed E-state index contributed by atoms with van der Waals surface area (Å²) in [4.78, 5) is 23.3. The van der Waals surface area contributed by atoms with Gasteiger partial charge in [-0.05, 0) is 52.4 Å².